The van der Waals surface area contributed by atoms with Crippen molar-refractivity contribution in [1.82, 2.24) is 10.3 Å². The molecule has 1 amide bonds. The third-order valence-electron chi connectivity index (χ3n) is 4.02. The first-order valence-corrected chi connectivity index (χ1v) is 9.36. The lowest BCUT2D eigenvalue weighted by molar-refractivity contribution is 0.0854. The molecule has 0 aliphatic carbocycles. The Hall–Kier alpha value is -2.38. The van der Waals surface area contributed by atoms with Crippen molar-refractivity contribution in [2.45, 2.75) is 18.9 Å². The number of ether oxygens (including phenoxy) is 3. The van der Waals surface area contributed by atoms with Crippen LogP contribution in [-0.4, -0.2) is 43.9 Å². The Balaban J connectivity index is 1.68. The lowest BCUT2D eigenvalue weighted by Gasteiger charge is -2.10. The van der Waals surface area contributed by atoms with Gasteiger partial charge in [-0.1, -0.05) is 12.7 Å². The predicted molar refractivity (Wildman–Crippen MR) is 101 cm³/mol. The molecular weight excluding hydrogens is 352 g/mol. The van der Waals surface area contributed by atoms with Gasteiger partial charge in [0.15, 0.2) is 11.5 Å². The van der Waals surface area contributed by atoms with E-state index >= 15 is 0 Å². The Morgan fingerprint density at radius 1 is 1.50 bits per heavy atom. The molecule has 3 rings (SSSR count). The predicted octanol–water partition coefficient (Wildman–Crippen LogP) is 3.29. The van der Waals surface area contributed by atoms with Gasteiger partial charge in [-0.2, -0.15) is 0 Å². The van der Waals surface area contributed by atoms with E-state index in [-0.39, 0.29) is 12.0 Å². The van der Waals surface area contributed by atoms with E-state index in [0.29, 0.717) is 30.3 Å². The molecular formula is C19H22N2O4S. The third kappa shape index (κ3) is 4.42. The van der Waals surface area contributed by atoms with Crippen molar-refractivity contribution in [2.24, 2.45) is 0 Å². The van der Waals surface area contributed by atoms with E-state index in [1.54, 1.807) is 18.6 Å². The number of rotatable bonds is 8. The molecule has 6 nitrogen and oxygen atoms in total. The first-order chi connectivity index (χ1) is 12.7. The Labute approximate surface area is 156 Å². The monoisotopic (exact) mass is 374 g/mol. The summed E-state index contributed by atoms with van der Waals surface area (Å²) in [4.78, 5) is 16.7. The van der Waals surface area contributed by atoms with Crippen molar-refractivity contribution in [3.63, 3.8) is 0 Å². The van der Waals surface area contributed by atoms with Crippen molar-refractivity contribution >= 4 is 17.2 Å². The van der Waals surface area contributed by atoms with Crippen LogP contribution in [0.4, 0.5) is 0 Å². The minimum absolute atomic E-state index is 0.115. The summed E-state index contributed by atoms with van der Waals surface area (Å²) in [6, 6.07) is 5.58. The molecule has 1 aliphatic heterocycles. The van der Waals surface area contributed by atoms with Crippen LogP contribution in [-0.2, 0) is 4.74 Å². The van der Waals surface area contributed by atoms with E-state index in [4.69, 9.17) is 14.2 Å². The van der Waals surface area contributed by atoms with E-state index in [1.165, 1.54) is 11.3 Å². The molecule has 2 aromatic rings. The molecule has 1 fully saturated rings. The highest BCUT2D eigenvalue weighted by molar-refractivity contribution is 7.13. The number of carbonyl (C=O) groups excluding carboxylic acids is 1. The SMILES string of the molecule is C=CCOc1ccc(-c2nc(C(=O)NC[C@H]3CCCO3)cs2)cc1OC. The summed E-state index contributed by atoms with van der Waals surface area (Å²) in [6.45, 7) is 5.34. The number of thiazole rings is 1. The Morgan fingerprint density at radius 2 is 2.38 bits per heavy atom. The Morgan fingerprint density at radius 3 is 3.12 bits per heavy atom. The van der Waals surface area contributed by atoms with Gasteiger partial charge in [0.1, 0.15) is 17.3 Å². The number of carbonyl (C=O) groups is 1. The van der Waals surface area contributed by atoms with Crippen LogP contribution in [0.2, 0.25) is 0 Å². The molecule has 1 atom stereocenters. The number of benzene rings is 1. The van der Waals surface area contributed by atoms with E-state index in [2.05, 4.69) is 16.9 Å². The molecule has 1 aromatic heterocycles. The number of aromatic nitrogens is 1. The molecule has 0 spiro atoms. The highest BCUT2D eigenvalue weighted by Crippen LogP contribution is 2.33. The van der Waals surface area contributed by atoms with Crippen molar-refractivity contribution in [3.05, 3.63) is 41.9 Å². The fourth-order valence-electron chi connectivity index (χ4n) is 2.68. The Kier molecular flexibility index (Phi) is 6.25. The molecule has 0 saturated carbocycles. The zero-order chi connectivity index (χ0) is 18.4. The zero-order valence-corrected chi connectivity index (χ0v) is 15.5. The summed E-state index contributed by atoms with van der Waals surface area (Å²) in [7, 11) is 1.59. The maximum absolute atomic E-state index is 12.3. The van der Waals surface area contributed by atoms with Gasteiger partial charge in [-0.15, -0.1) is 11.3 Å². The topological polar surface area (TPSA) is 69.7 Å². The van der Waals surface area contributed by atoms with Crippen molar-refractivity contribution in [1.29, 1.82) is 0 Å². The van der Waals surface area contributed by atoms with Crippen molar-refractivity contribution in [3.8, 4) is 22.1 Å². The van der Waals surface area contributed by atoms with Crippen LogP contribution in [0.1, 0.15) is 23.3 Å². The van der Waals surface area contributed by atoms with Crippen LogP contribution < -0.4 is 14.8 Å². The minimum atomic E-state index is -0.180. The van der Waals surface area contributed by atoms with Gasteiger partial charge in [0.2, 0.25) is 0 Å². The second-order valence-electron chi connectivity index (χ2n) is 5.85. The number of hydrogen-bond acceptors (Lipinski definition) is 6. The van der Waals surface area contributed by atoms with Gasteiger partial charge in [0.05, 0.1) is 13.2 Å². The van der Waals surface area contributed by atoms with E-state index in [0.717, 1.165) is 30.0 Å². The highest BCUT2D eigenvalue weighted by atomic mass is 32.1. The lowest BCUT2D eigenvalue weighted by atomic mass is 10.2. The van der Waals surface area contributed by atoms with Gasteiger partial charge >= 0.3 is 0 Å². The number of amides is 1. The minimum Gasteiger partial charge on any atom is -0.493 e. The molecule has 0 bridgehead atoms. The molecule has 0 radical (unpaired) electrons. The third-order valence-corrected chi connectivity index (χ3v) is 4.91. The second-order valence-corrected chi connectivity index (χ2v) is 6.71. The lowest BCUT2D eigenvalue weighted by Crippen LogP contribution is -2.31. The summed E-state index contributed by atoms with van der Waals surface area (Å²) >= 11 is 1.42. The van der Waals surface area contributed by atoms with Crippen molar-refractivity contribution < 1.29 is 19.0 Å². The second kappa shape index (κ2) is 8.82. The quantitative estimate of drug-likeness (QED) is 0.718. The van der Waals surface area contributed by atoms with Gasteiger partial charge < -0.3 is 19.5 Å². The summed E-state index contributed by atoms with van der Waals surface area (Å²) in [5, 5.41) is 5.40. The molecule has 7 heteroatoms. The van der Waals surface area contributed by atoms with Crippen LogP contribution in [0.25, 0.3) is 10.6 Å². The van der Waals surface area contributed by atoms with Gasteiger partial charge in [-0.05, 0) is 31.0 Å². The number of methoxy groups -OCH3 is 1. The summed E-state index contributed by atoms with van der Waals surface area (Å²) in [5.74, 6) is 1.08. The molecule has 1 saturated heterocycles. The molecule has 26 heavy (non-hydrogen) atoms. The average Bonchev–Trinajstić information content (AvgIpc) is 3.36. The van der Waals surface area contributed by atoms with E-state index < -0.39 is 0 Å². The average molecular weight is 374 g/mol. The van der Waals surface area contributed by atoms with E-state index in [9.17, 15) is 4.79 Å². The first-order valence-electron chi connectivity index (χ1n) is 8.48. The molecule has 1 aliphatic rings. The molecule has 1 aromatic carbocycles. The molecule has 138 valence electrons. The van der Waals surface area contributed by atoms with Crippen LogP contribution >= 0.6 is 11.3 Å². The first kappa shape index (κ1) is 18.4. The van der Waals surface area contributed by atoms with Gasteiger partial charge in [0.25, 0.3) is 5.91 Å². The summed E-state index contributed by atoms with van der Waals surface area (Å²) in [5.41, 5.74) is 1.28. The van der Waals surface area contributed by atoms with Crippen LogP contribution in [0.3, 0.4) is 0 Å². The van der Waals surface area contributed by atoms with Crippen LogP contribution in [0.5, 0.6) is 11.5 Å². The standard InChI is InChI=1S/C19H22N2O4S/c1-3-8-25-16-7-6-13(10-17(16)23-2)19-21-15(12-26-19)18(22)20-11-14-5-4-9-24-14/h3,6-7,10,12,14H,1,4-5,8-9,11H2,2H3,(H,20,22)/t14-/m1/s1. The zero-order valence-electron chi connectivity index (χ0n) is 14.7. The maximum atomic E-state index is 12.3. The highest BCUT2D eigenvalue weighted by Gasteiger charge is 2.18. The fraction of sp³-hybridized carbons (Fsp3) is 0.368. The Bertz CT molecular complexity index is 769. The number of nitrogens with one attached hydrogen (secondary N) is 1. The van der Waals surface area contributed by atoms with Gasteiger partial charge in [-0.3, -0.25) is 4.79 Å². The normalized spacial score (nSPS) is 16.3. The summed E-state index contributed by atoms with van der Waals surface area (Å²) in [6.07, 6.45) is 3.83. The van der Waals surface area contributed by atoms with Crippen LogP contribution in [0, 0.1) is 0 Å². The molecule has 2 heterocycles. The van der Waals surface area contributed by atoms with Crippen LogP contribution in [0.15, 0.2) is 36.2 Å². The largest absolute Gasteiger partial charge is 0.493 e. The number of nitrogens with zero attached hydrogens (tertiary/aromatic N) is 1. The number of hydrogen-bond donors (Lipinski definition) is 1. The van der Waals surface area contributed by atoms with Gasteiger partial charge in [0, 0.05) is 24.1 Å². The van der Waals surface area contributed by atoms with Crippen molar-refractivity contribution in [2.75, 3.05) is 26.9 Å². The summed E-state index contributed by atoms with van der Waals surface area (Å²) < 4.78 is 16.4. The molecule has 0 unspecified atom stereocenters. The van der Waals surface area contributed by atoms with Gasteiger partial charge in [-0.25, -0.2) is 4.98 Å². The fourth-order valence-corrected chi connectivity index (χ4v) is 3.48. The molecule has 1 N–H and O–H groups in total. The van der Waals surface area contributed by atoms with E-state index in [1.807, 2.05) is 18.2 Å². The maximum Gasteiger partial charge on any atom is 0.270 e. The smallest absolute Gasteiger partial charge is 0.270 e.